The minimum absolute atomic E-state index is 0.0420. The summed E-state index contributed by atoms with van der Waals surface area (Å²) in [6.45, 7) is 1.28. The summed E-state index contributed by atoms with van der Waals surface area (Å²) in [6, 6.07) is 15.9. The lowest BCUT2D eigenvalue weighted by atomic mass is 10.0. The third-order valence-corrected chi connectivity index (χ3v) is 6.64. The van der Waals surface area contributed by atoms with E-state index in [0.29, 0.717) is 24.5 Å². The minimum atomic E-state index is -0.287. The van der Waals surface area contributed by atoms with Gasteiger partial charge in [-0.05, 0) is 60.5 Å². The van der Waals surface area contributed by atoms with Gasteiger partial charge in [0.2, 0.25) is 0 Å². The van der Waals surface area contributed by atoms with Gasteiger partial charge in [-0.15, -0.1) is 0 Å². The van der Waals surface area contributed by atoms with Crippen LogP contribution in [0.2, 0.25) is 0 Å². The highest BCUT2D eigenvalue weighted by molar-refractivity contribution is 5.94. The monoisotopic (exact) mass is 482 g/mol. The number of pyridine rings is 1. The second kappa shape index (κ2) is 9.01. The Kier molecular flexibility index (Phi) is 5.54. The second-order valence-electron chi connectivity index (χ2n) is 8.79. The molecule has 4 heterocycles. The summed E-state index contributed by atoms with van der Waals surface area (Å²) in [7, 11) is 1.67. The van der Waals surface area contributed by atoms with Gasteiger partial charge in [-0.2, -0.15) is 5.10 Å². The third-order valence-electron chi connectivity index (χ3n) is 6.64. The van der Waals surface area contributed by atoms with Crippen molar-refractivity contribution >= 4 is 16.9 Å². The predicted molar refractivity (Wildman–Crippen MR) is 133 cm³/mol. The zero-order valence-electron chi connectivity index (χ0n) is 19.6. The van der Waals surface area contributed by atoms with Gasteiger partial charge in [0.15, 0.2) is 0 Å². The average Bonchev–Trinajstić information content (AvgIpc) is 3.68. The molecule has 1 atom stereocenters. The summed E-state index contributed by atoms with van der Waals surface area (Å²) in [6.07, 6.45) is 6.02. The fourth-order valence-corrected chi connectivity index (χ4v) is 4.64. The molecule has 0 bridgehead atoms. The minimum Gasteiger partial charge on any atom is -0.380 e. The highest BCUT2D eigenvalue weighted by atomic mass is 19.1. The molecule has 6 rings (SSSR count). The van der Waals surface area contributed by atoms with Crippen molar-refractivity contribution in [3.05, 3.63) is 84.7 Å². The molecule has 0 aliphatic carbocycles. The molecule has 3 aromatic heterocycles. The Morgan fingerprint density at radius 1 is 1.06 bits per heavy atom. The first-order valence-corrected chi connectivity index (χ1v) is 11.7. The third kappa shape index (κ3) is 3.93. The summed E-state index contributed by atoms with van der Waals surface area (Å²) >= 11 is 0. The Morgan fingerprint density at radius 2 is 1.89 bits per heavy atom. The standard InChI is InChI=1S/C27H23FN6O2/c1-36-21-10-11-33(15-21)27(35)19-5-9-25(29-13-19)34-16-30-23-8-4-18(12-24(23)34)22-14-31-32-26(22)17-2-6-20(28)7-3-17/h2-9,12-14,16,21H,10-11,15H2,1H3,(H,31,32). The molecule has 180 valence electrons. The summed E-state index contributed by atoms with van der Waals surface area (Å²) in [4.78, 5) is 23.7. The van der Waals surface area contributed by atoms with E-state index in [1.165, 1.54) is 12.1 Å². The number of hydrogen-bond donors (Lipinski definition) is 1. The number of aromatic nitrogens is 5. The Labute approximate surface area is 206 Å². The predicted octanol–water partition coefficient (Wildman–Crippen LogP) is 4.48. The summed E-state index contributed by atoms with van der Waals surface area (Å²) in [5.74, 6) is 0.331. The van der Waals surface area contributed by atoms with Crippen LogP contribution in [0.3, 0.4) is 0 Å². The van der Waals surface area contributed by atoms with E-state index in [2.05, 4.69) is 20.2 Å². The quantitative estimate of drug-likeness (QED) is 0.399. The number of methoxy groups -OCH3 is 1. The van der Waals surface area contributed by atoms with Crippen LogP contribution in [0.15, 0.2) is 73.3 Å². The van der Waals surface area contributed by atoms with E-state index in [-0.39, 0.29) is 17.8 Å². The van der Waals surface area contributed by atoms with E-state index < -0.39 is 0 Å². The number of amides is 1. The van der Waals surface area contributed by atoms with E-state index in [4.69, 9.17) is 4.74 Å². The molecule has 1 unspecified atom stereocenters. The van der Waals surface area contributed by atoms with Gasteiger partial charge >= 0.3 is 0 Å². The van der Waals surface area contributed by atoms with Crippen molar-refractivity contribution in [2.24, 2.45) is 0 Å². The van der Waals surface area contributed by atoms with Gasteiger partial charge in [0.25, 0.3) is 5.91 Å². The van der Waals surface area contributed by atoms with Gasteiger partial charge in [0.1, 0.15) is 18.0 Å². The number of carbonyl (C=O) groups excluding carboxylic acids is 1. The number of fused-ring (bicyclic) bond motifs is 1. The second-order valence-corrected chi connectivity index (χ2v) is 8.79. The molecule has 2 aromatic carbocycles. The Hall–Kier alpha value is -4.37. The maximum absolute atomic E-state index is 13.4. The molecule has 1 aliphatic heterocycles. The Morgan fingerprint density at radius 3 is 2.64 bits per heavy atom. The zero-order chi connectivity index (χ0) is 24.6. The molecule has 1 aliphatic rings. The number of rotatable bonds is 5. The highest BCUT2D eigenvalue weighted by Crippen LogP contribution is 2.32. The van der Waals surface area contributed by atoms with Gasteiger partial charge in [-0.25, -0.2) is 14.4 Å². The first kappa shape index (κ1) is 22.1. The molecule has 1 saturated heterocycles. The lowest BCUT2D eigenvalue weighted by molar-refractivity contribution is 0.0724. The van der Waals surface area contributed by atoms with E-state index in [1.54, 1.807) is 48.9 Å². The van der Waals surface area contributed by atoms with Crippen molar-refractivity contribution < 1.29 is 13.9 Å². The first-order chi connectivity index (χ1) is 17.6. The number of H-pyrrole nitrogens is 1. The number of hydrogen-bond acceptors (Lipinski definition) is 5. The van der Waals surface area contributed by atoms with Crippen LogP contribution >= 0.6 is 0 Å². The number of nitrogens with one attached hydrogen (secondary N) is 1. The van der Waals surface area contributed by atoms with Gasteiger partial charge in [0.05, 0.1) is 34.6 Å². The number of benzene rings is 2. The lowest BCUT2D eigenvalue weighted by Crippen LogP contribution is -2.30. The number of halogens is 1. The van der Waals surface area contributed by atoms with Crippen molar-refractivity contribution in [2.75, 3.05) is 20.2 Å². The Balaban J connectivity index is 1.31. The number of nitrogens with zero attached hydrogens (tertiary/aromatic N) is 5. The van der Waals surface area contributed by atoms with E-state index >= 15 is 0 Å². The van der Waals surface area contributed by atoms with Crippen molar-refractivity contribution in [3.8, 4) is 28.2 Å². The van der Waals surface area contributed by atoms with Crippen LogP contribution in [0, 0.1) is 5.82 Å². The van der Waals surface area contributed by atoms with Crippen LogP contribution in [-0.4, -0.2) is 61.8 Å². The number of imidazole rings is 1. The SMILES string of the molecule is COC1CCN(C(=O)c2ccc(-n3cnc4ccc(-c5cn[nH]c5-c5ccc(F)cc5)cc43)nc2)C1. The van der Waals surface area contributed by atoms with E-state index in [9.17, 15) is 9.18 Å². The van der Waals surface area contributed by atoms with Crippen LogP contribution in [-0.2, 0) is 4.74 Å². The normalized spacial score (nSPS) is 15.6. The molecule has 1 amide bonds. The van der Waals surface area contributed by atoms with Crippen molar-refractivity contribution in [1.29, 1.82) is 0 Å². The molecule has 0 saturated carbocycles. The van der Waals surface area contributed by atoms with Gasteiger partial charge < -0.3 is 9.64 Å². The highest BCUT2D eigenvalue weighted by Gasteiger charge is 2.27. The summed E-state index contributed by atoms with van der Waals surface area (Å²) in [5, 5.41) is 7.24. The largest absolute Gasteiger partial charge is 0.380 e. The molecule has 36 heavy (non-hydrogen) atoms. The smallest absolute Gasteiger partial charge is 0.255 e. The fraction of sp³-hybridized carbons (Fsp3) is 0.185. The Bertz CT molecular complexity index is 1540. The van der Waals surface area contributed by atoms with E-state index in [1.807, 2.05) is 28.8 Å². The van der Waals surface area contributed by atoms with Crippen LogP contribution in [0.4, 0.5) is 4.39 Å². The molecule has 5 aromatic rings. The molecule has 9 heteroatoms. The summed E-state index contributed by atoms with van der Waals surface area (Å²) < 4.78 is 20.7. The number of aromatic amines is 1. The van der Waals surface area contributed by atoms with Crippen LogP contribution in [0.5, 0.6) is 0 Å². The van der Waals surface area contributed by atoms with E-state index in [0.717, 1.165) is 39.8 Å². The maximum atomic E-state index is 13.4. The average molecular weight is 483 g/mol. The number of likely N-dealkylation sites (tertiary alicyclic amines) is 1. The maximum Gasteiger partial charge on any atom is 0.255 e. The lowest BCUT2D eigenvalue weighted by Gasteiger charge is -2.16. The number of ether oxygens (including phenoxy) is 1. The zero-order valence-corrected chi connectivity index (χ0v) is 19.6. The number of carbonyl (C=O) groups is 1. The topological polar surface area (TPSA) is 88.9 Å². The van der Waals surface area contributed by atoms with Gasteiger partial charge in [-0.1, -0.05) is 6.07 Å². The molecule has 1 N–H and O–H groups in total. The van der Waals surface area contributed by atoms with Crippen LogP contribution < -0.4 is 0 Å². The summed E-state index contributed by atoms with van der Waals surface area (Å²) in [5.41, 5.74) is 5.70. The molecule has 0 spiro atoms. The molecular weight excluding hydrogens is 459 g/mol. The van der Waals surface area contributed by atoms with Crippen molar-refractivity contribution in [1.82, 2.24) is 29.6 Å². The van der Waals surface area contributed by atoms with Crippen LogP contribution in [0.1, 0.15) is 16.8 Å². The fourth-order valence-electron chi connectivity index (χ4n) is 4.64. The van der Waals surface area contributed by atoms with Crippen molar-refractivity contribution in [3.63, 3.8) is 0 Å². The molecule has 8 nitrogen and oxygen atoms in total. The molecule has 0 radical (unpaired) electrons. The first-order valence-electron chi connectivity index (χ1n) is 11.7. The van der Waals surface area contributed by atoms with Crippen molar-refractivity contribution in [2.45, 2.75) is 12.5 Å². The molecular formula is C27H23FN6O2. The van der Waals surface area contributed by atoms with Gasteiger partial charge in [0, 0.05) is 37.5 Å². The molecule has 1 fully saturated rings. The van der Waals surface area contributed by atoms with Gasteiger partial charge in [-0.3, -0.25) is 14.5 Å². The van der Waals surface area contributed by atoms with Crippen LogP contribution in [0.25, 0.3) is 39.2 Å².